The molecule has 0 saturated carbocycles. The maximum atomic E-state index is 12.0. The molecule has 2 N–H and O–H groups in total. The van der Waals surface area contributed by atoms with Crippen LogP contribution in [0.25, 0.3) is 0 Å². The molecule has 0 saturated heterocycles. The molecule has 0 bridgehead atoms. The van der Waals surface area contributed by atoms with Crippen LogP contribution in [0.1, 0.15) is 17.4 Å². The van der Waals surface area contributed by atoms with Gasteiger partial charge in [0, 0.05) is 0 Å². The van der Waals surface area contributed by atoms with Gasteiger partial charge in [0.15, 0.2) is 0 Å². The predicted molar refractivity (Wildman–Crippen MR) is 65.5 cm³/mol. The number of alkyl halides is 2. The van der Waals surface area contributed by atoms with Crippen molar-refractivity contribution >= 4 is 15.9 Å². The van der Waals surface area contributed by atoms with E-state index in [1.165, 1.54) is 18.4 Å². The molecule has 2 aromatic rings. The Bertz CT molecular complexity index is 513. The van der Waals surface area contributed by atoms with E-state index in [1.54, 1.807) is 18.2 Å². The largest absolute Gasteiger partial charge is 0.466 e. The number of halogens is 3. The summed E-state index contributed by atoms with van der Waals surface area (Å²) < 4.78 is 34.3. The molecule has 1 atom stereocenters. The maximum Gasteiger partial charge on any atom is 0.387 e. The summed E-state index contributed by atoms with van der Waals surface area (Å²) in [4.78, 5) is 0. The third-order valence-electron chi connectivity index (χ3n) is 2.39. The minimum absolute atomic E-state index is 0.0967. The molecule has 0 spiro atoms. The molecule has 1 aromatic heterocycles. The molecular weight excluding hydrogens is 308 g/mol. The summed E-state index contributed by atoms with van der Waals surface area (Å²) in [5.74, 6) is 0.678. The molecule has 0 amide bonds. The van der Waals surface area contributed by atoms with Gasteiger partial charge in [-0.2, -0.15) is 8.78 Å². The normalized spacial score (nSPS) is 12.7. The second kappa shape index (κ2) is 5.49. The standard InChI is InChI=1S/C12H10BrF2NO2/c13-9-5-6-17-11(9)10(16)7-1-3-8(4-2-7)18-12(14)15/h1-6,10,12H,16H2. The van der Waals surface area contributed by atoms with Gasteiger partial charge < -0.3 is 14.9 Å². The molecular formula is C12H10BrF2NO2. The number of rotatable bonds is 4. The van der Waals surface area contributed by atoms with Crippen LogP contribution in [0.3, 0.4) is 0 Å². The molecule has 1 aromatic carbocycles. The van der Waals surface area contributed by atoms with Crippen LogP contribution >= 0.6 is 15.9 Å². The topological polar surface area (TPSA) is 48.4 Å². The van der Waals surface area contributed by atoms with Gasteiger partial charge in [0.05, 0.1) is 16.8 Å². The first-order chi connectivity index (χ1) is 8.58. The van der Waals surface area contributed by atoms with Crippen LogP contribution in [0.5, 0.6) is 5.75 Å². The summed E-state index contributed by atoms with van der Waals surface area (Å²) in [6.45, 7) is -2.83. The summed E-state index contributed by atoms with van der Waals surface area (Å²) in [6.07, 6.45) is 1.52. The second-order valence-electron chi connectivity index (χ2n) is 3.56. The summed E-state index contributed by atoms with van der Waals surface area (Å²) in [7, 11) is 0. The van der Waals surface area contributed by atoms with Crippen LogP contribution in [0.4, 0.5) is 8.78 Å². The molecule has 2 rings (SSSR count). The van der Waals surface area contributed by atoms with Crippen LogP contribution < -0.4 is 10.5 Å². The zero-order valence-electron chi connectivity index (χ0n) is 9.15. The van der Waals surface area contributed by atoms with Crippen LogP contribution in [-0.4, -0.2) is 6.61 Å². The third-order valence-corrected chi connectivity index (χ3v) is 3.05. The van der Waals surface area contributed by atoms with E-state index in [1.807, 2.05) is 0 Å². The molecule has 1 unspecified atom stereocenters. The van der Waals surface area contributed by atoms with Crippen molar-refractivity contribution in [3.63, 3.8) is 0 Å². The first-order valence-electron chi connectivity index (χ1n) is 5.11. The number of ether oxygens (including phenoxy) is 1. The Hall–Kier alpha value is -1.40. The molecule has 3 nitrogen and oxygen atoms in total. The SMILES string of the molecule is NC(c1ccc(OC(F)F)cc1)c1occc1Br. The fourth-order valence-electron chi connectivity index (χ4n) is 1.54. The average molecular weight is 318 g/mol. The molecule has 0 aliphatic carbocycles. The van der Waals surface area contributed by atoms with E-state index in [-0.39, 0.29) is 5.75 Å². The Labute approximate surface area is 111 Å². The van der Waals surface area contributed by atoms with Crippen molar-refractivity contribution in [3.8, 4) is 5.75 Å². The summed E-state index contributed by atoms with van der Waals surface area (Å²) in [5.41, 5.74) is 6.74. The van der Waals surface area contributed by atoms with E-state index in [9.17, 15) is 8.78 Å². The number of hydrogen-bond acceptors (Lipinski definition) is 3. The Kier molecular flexibility index (Phi) is 3.98. The third kappa shape index (κ3) is 2.88. The predicted octanol–water partition coefficient (Wildman–Crippen LogP) is 3.69. The Morgan fingerprint density at radius 3 is 2.33 bits per heavy atom. The lowest BCUT2D eigenvalue weighted by molar-refractivity contribution is -0.0498. The van der Waals surface area contributed by atoms with E-state index in [0.717, 1.165) is 10.0 Å². The zero-order chi connectivity index (χ0) is 13.1. The molecule has 1 heterocycles. The highest BCUT2D eigenvalue weighted by Gasteiger charge is 2.15. The fraction of sp³-hybridized carbons (Fsp3) is 0.167. The van der Waals surface area contributed by atoms with Gasteiger partial charge in [-0.3, -0.25) is 0 Å². The molecule has 0 radical (unpaired) electrons. The van der Waals surface area contributed by atoms with Gasteiger partial charge in [-0.1, -0.05) is 12.1 Å². The monoisotopic (exact) mass is 317 g/mol. The van der Waals surface area contributed by atoms with E-state index in [0.29, 0.717) is 5.76 Å². The number of furan rings is 1. The van der Waals surface area contributed by atoms with Crippen molar-refractivity contribution in [3.05, 3.63) is 52.4 Å². The van der Waals surface area contributed by atoms with Crippen molar-refractivity contribution in [1.82, 2.24) is 0 Å². The maximum absolute atomic E-state index is 12.0. The molecule has 0 aliphatic rings. The van der Waals surface area contributed by atoms with Crippen LogP contribution in [0.15, 0.2) is 45.5 Å². The number of hydrogen-bond donors (Lipinski definition) is 1. The van der Waals surface area contributed by atoms with E-state index in [2.05, 4.69) is 20.7 Å². The summed E-state index contributed by atoms with van der Waals surface area (Å²) in [5, 5.41) is 0. The van der Waals surface area contributed by atoms with Crippen molar-refractivity contribution in [2.24, 2.45) is 5.73 Å². The first-order valence-corrected chi connectivity index (χ1v) is 5.90. The lowest BCUT2D eigenvalue weighted by Gasteiger charge is -2.11. The van der Waals surface area contributed by atoms with Gasteiger partial charge >= 0.3 is 6.61 Å². The quantitative estimate of drug-likeness (QED) is 0.935. The lowest BCUT2D eigenvalue weighted by atomic mass is 10.1. The van der Waals surface area contributed by atoms with E-state index >= 15 is 0 Å². The van der Waals surface area contributed by atoms with Gasteiger partial charge in [-0.15, -0.1) is 0 Å². The van der Waals surface area contributed by atoms with Crippen molar-refractivity contribution in [2.75, 3.05) is 0 Å². The minimum Gasteiger partial charge on any atom is -0.466 e. The smallest absolute Gasteiger partial charge is 0.387 e. The van der Waals surface area contributed by atoms with Gasteiger partial charge in [0.25, 0.3) is 0 Å². The van der Waals surface area contributed by atoms with Crippen LogP contribution in [-0.2, 0) is 0 Å². The molecule has 18 heavy (non-hydrogen) atoms. The Morgan fingerprint density at radius 1 is 1.17 bits per heavy atom. The lowest BCUT2D eigenvalue weighted by Crippen LogP contribution is -2.11. The first kappa shape index (κ1) is 13.0. The fourth-order valence-corrected chi connectivity index (χ4v) is 1.98. The van der Waals surface area contributed by atoms with Gasteiger partial charge in [0.1, 0.15) is 11.5 Å². The van der Waals surface area contributed by atoms with Crippen molar-refractivity contribution in [2.45, 2.75) is 12.7 Å². The highest BCUT2D eigenvalue weighted by atomic mass is 79.9. The Balaban J connectivity index is 2.17. The highest BCUT2D eigenvalue weighted by molar-refractivity contribution is 9.10. The number of nitrogens with two attached hydrogens (primary N) is 1. The summed E-state index contributed by atoms with van der Waals surface area (Å²) in [6, 6.07) is 7.41. The number of benzene rings is 1. The van der Waals surface area contributed by atoms with Gasteiger partial charge in [-0.05, 0) is 39.7 Å². The minimum atomic E-state index is -2.83. The Morgan fingerprint density at radius 2 is 1.83 bits per heavy atom. The molecule has 0 aliphatic heterocycles. The van der Waals surface area contributed by atoms with E-state index in [4.69, 9.17) is 10.2 Å². The summed E-state index contributed by atoms with van der Waals surface area (Å²) >= 11 is 3.31. The van der Waals surface area contributed by atoms with Crippen LogP contribution in [0.2, 0.25) is 0 Å². The molecule has 0 fully saturated rings. The average Bonchev–Trinajstić information content (AvgIpc) is 2.75. The zero-order valence-corrected chi connectivity index (χ0v) is 10.7. The van der Waals surface area contributed by atoms with Crippen LogP contribution in [0, 0.1) is 0 Å². The highest BCUT2D eigenvalue weighted by Crippen LogP contribution is 2.28. The molecule has 96 valence electrons. The van der Waals surface area contributed by atoms with Crippen molar-refractivity contribution < 1.29 is 17.9 Å². The van der Waals surface area contributed by atoms with Gasteiger partial charge in [0.2, 0.25) is 0 Å². The van der Waals surface area contributed by atoms with E-state index < -0.39 is 12.7 Å². The molecule has 6 heteroatoms. The second-order valence-corrected chi connectivity index (χ2v) is 4.41. The van der Waals surface area contributed by atoms with Gasteiger partial charge in [-0.25, -0.2) is 0 Å². The van der Waals surface area contributed by atoms with Crippen molar-refractivity contribution in [1.29, 1.82) is 0 Å².